The minimum Gasteiger partial charge on any atom is -0.468 e. The van der Waals surface area contributed by atoms with E-state index in [1.165, 1.54) is 42.0 Å². The summed E-state index contributed by atoms with van der Waals surface area (Å²) in [5.41, 5.74) is 0.499. The Balaban J connectivity index is 2.24. The van der Waals surface area contributed by atoms with Crippen LogP contribution in [0.1, 0.15) is 0 Å². The number of hydrogen-bond acceptors (Lipinski definition) is 5. The number of carbonyl (C=O) groups excluding carboxylic acids is 1. The minimum atomic E-state index is -3.97. The molecule has 0 aliphatic heterocycles. The molecule has 0 aliphatic carbocycles. The van der Waals surface area contributed by atoms with Crippen molar-refractivity contribution >= 4 is 37.5 Å². The van der Waals surface area contributed by atoms with Crippen LogP contribution in [0.3, 0.4) is 0 Å². The van der Waals surface area contributed by atoms with E-state index >= 15 is 0 Å². The van der Waals surface area contributed by atoms with Gasteiger partial charge in [0, 0.05) is 0 Å². The van der Waals surface area contributed by atoms with E-state index in [1.54, 1.807) is 18.2 Å². The fourth-order valence-corrected chi connectivity index (χ4v) is 4.49. The van der Waals surface area contributed by atoms with Crippen LogP contribution >= 0.6 is 11.3 Å². The van der Waals surface area contributed by atoms with Crippen LogP contribution < -0.4 is 4.80 Å². The van der Waals surface area contributed by atoms with Crippen LogP contribution in [0, 0.1) is 5.82 Å². The number of aromatic nitrogens is 1. The Morgan fingerprint density at radius 3 is 2.64 bits per heavy atom. The first-order valence-electron chi connectivity index (χ1n) is 7.12. The van der Waals surface area contributed by atoms with Crippen molar-refractivity contribution in [3.63, 3.8) is 0 Å². The third kappa shape index (κ3) is 3.62. The number of rotatable bonds is 4. The molecule has 0 N–H and O–H groups in total. The summed E-state index contributed by atoms with van der Waals surface area (Å²) in [5, 5.41) is 0. The quantitative estimate of drug-likeness (QED) is 0.651. The molecule has 0 saturated heterocycles. The molecule has 130 valence electrons. The highest BCUT2D eigenvalue weighted by Crippen LogP contribution is 2.20. The Hall–Kier alpha value is -2.52. The summed E-state index contributed by atoms with van der Waals surface area (Å²) in [6.07, 6.45) is 0. The van der Waals surface area contributed by atoms with E-state index in [9.17, 15) is 17.6 Å². The van der Waals surface area contributed by atoms with E-state index < -0.39 is 21.8 Å². The molecule has 0 fully saturated rings. The molecule has 3 aromatic rings. The molecule has 0 aliphatic rings. The predicted molar refractivity (Wildman–Crippen MR) is 91.0 cm³/mol. The molecule has 0 unspecified atom stereocenters. The second-order valence-electron chi connectivity index (χ2n) is 5.04. The molecule has 0 bridgehead atoms. The van der Waals surface area contributed by atoms with Crippen LogP contribution in [0.5, 0.6) is 0 Å². The maximum atomic E-state index is 13.5. The average Bonchev–Trinajstić information content (AvgIpc) is 2.91. The van der Waals surface area contributed by atoms with E-state index in [1.807, 2.05) is 0 Å². The van der Waals surface area contributed by atoms with Crippen LogP contribution in [-0.4, -0.2) is 26.1 Å². The summed E-state index contributed by atoms with van der Waals surface area (Å²) >= 11 is 0.981. The standard InChI is InChI=1S/C16H13FN2O4S2/c1-23-15(20)10-19-13-8-7-11(17)9-14(13)24-16(19)18-25(21,22)12-5-3-2-4-6-12/h2-9H,10H2,1H3. The fourth-order valence-electron chi connectivity index (χ4n) is 2.21. The number of nitrogens with zero attached hydrogens (tertiary/aromatic N) is 2. The van der Waals surface area contributed by atoms with Gasteiger partial charge in [0.15, 0.2) is 0 Å². The third-order valence-corrected chi connectivity index (χ3v) is 5.84. The van der Waals surface area contributed by atoms with E-state index in [0.717, 1.165) is 11.3 Å². The summed E-state index contributed by atoms with van der Waals surface area (Å²) < 4.78 is 48.8. The average molecular weight is 380 g/mol. The van der Waals surface area contributed by atoms with Crippen molar-refractivity contribution in [3.05, 3.63) is 59.1 Å². The molecule has 2 aromatic carbocycles. The van der Waals surface area contributed by atoms with Gasteiger partial charge in [-0.3, -0.25) is 4.79 Å². The van der Waals surface area contributed by atoms with E-state index in [2.05, 4.69) is 9.13 Å². The first-order valence-corrected chi connectivity index (χ1v) is 9.38. The zero-order chi connectivity index (χ0) is 18.0. The lowest BCUT2D eigenvalue weighted by Gasteiger charge is -2.04. The SMILES string of the molecule is COC(=O)Cn1c(=NS(=O)(=O)c2ccccc2)sc2cc(F)ccc21. The van der Waals surface area contributed by atoms with Gasteiger partial charge in [-0.05, 0) is 30.3 Å². The Morgan fingerprint density at radius 1 is 1.24 bits per heavy atom. The summed E-state index contributed by atoms with van der Waals surface area (Å²) in [4.78, 5) is 11.8. The van der Waals surface area contributed by atoms with Crippen molar-refractivity contribution in [3.8, 4) is 0 Å². The molecule has 1 heterocycles. The zero-order valence-corrected chi connectivity index (χ0v) is 14.7. The Morgan fingerprint density at radius 2 is 1.96 bits per heavy atom. The third-order valence-electron chi connectivity index (χ3n) is 3.40. The van der Waals surface area contributed by atoms with Gasteiger partial charge in [0.25, 0.3) is 10.0 Å². The highest BCUT2D eigenvalue weighted by Gasteiger charge is 2.16. The van der Waals surface area contributed by atoms with Gasteiger partial charge < -0.3 is 9.30 Å². The number of thiazole rings is 1. The normalized spacial score (nSPS) is 12.5. The number of fused-ring (bicyclic) bond motifs is 1. The largest absolute Gasteiger partial charge is 0.468 e. The van der Waals surface area contributed by atoms with Crippen LogP contribution in [0.2, 0.25) is 0 Å². The topological polar surface area (TPSA) is 77.7 Å². The number of methoxy groups -OCH3 is 1. The van der Waals surface area contributed by atoms with E-state index in [0.29, 0.717) is 10.2 Å². The van der Waals surface area contributed by atoms with Crippen LogP contribution in [0.25, 0.3) is 10.2 Å². The van der Waals surface area contributed by atoms with Crippen LogP contribution in [0.4, 0.5) is 4.39 Å². The number of benzene rings is 2. The monoisotopic (exact) mass is 380 g/mol. The van der Waals surface area contributed by atoms with Crippen molar-refractivity contribution in [1.82, 2.24) is 4.57 Å². The molecule has 0 saturated carbocycles. The van der Waals surface area contributed by atoms with Gasteiger partial charge in [-0.15, -0.1) is 4.40 Å². The molecule has 0 spiro atoms. The molecule has 6 nitrogen and oxygen atoms in total. The number of ether oxygens (including phenoxy) is 1. The van der Waals surface area contributed by atoms with Crippen molar-refractivity contribution < 1.29 is 22.3 Å². The number of halogens is 1. The lowest BCUT2D eigenvalue weighted by molar-refractivity contribution is -0.141. The van der Waals surface area contributed by atoms with Gasteiger partial charge in [0.1, 0.15) is 12.4 Å². The maximum Gasteiger partial charge on any atom is 0.325 e. The second-order valence-corrected chi connectivity index (χ2v) is 7.65. The van der Waals surface area contributed by atoms with Crippen molar-refractivity contribution in [2.45, 2.75) is 11.4 Å². The molecule has 0 atom stereocenters. The van der Waals surface area contributed by atoms with E-state index in [-0.39, 0.29) is 16.2 Å². The van der Waals surface area contributed by atoms with E-state index in [4.69, 9.17) is 0 Å². The molecule has 9 heteroatoms. The molecule has 1 aromatic heterocycles. The Kier molecular flexibility index (Phi) is 4.69. The number of sulfonamides is 1. The molecule has 25 heavy (non-hydrogen) atoms. The van der Waals surface area contributed by atoms with Crippen molar-refractivity contribution in [2.75, 3.05) is 7.11 Å². The van der Waals surface area contributed by atoms with Crippen LogP contribution in [0.15, 0.2) is 57.8 Å². The van der Waals surface area contributed by atoms with Gasteiger partial charge >= 0.3 is 5.97 Å². The highest BCUT2D eigenvalue weighted by atomic mass is 32.2. The van der Waals surface area contributed by atoms with Gasteiger partial charge in [-0.25, -0.2) is 4.39 Å². The zero-order valence-electron chi connectivity index (χ0n) is 13.0. The van der Waals surface area contributed by atoms with Gasteiger partial charge in [0.2, 0.25) is 4.80 Å². The second kappa shape index (κ2) is 6.77. The van der Waals surface area contributed by atoms with Crippen molar-refractivity contribution in [2.24, 2.45) is 4.40 Å². The molecule has 3 rings (SSSR count). The smallest absolute Gasteiger partial charge is 0.325 e. The molecule has 0 radical (unpaired) electrons. The summed E-state index contributed by atoms with van der Waals surface area (Å²) in [5.74, 6) is -1.03. The molecular formula is C16H13FN2O4S2. The first-order chi connectivity index (χ1) is 11.9. The van der Waals surface area contributed by atoms with Crippen LogP contribution in [-0.2, 0) is 26.1 Å². The van der Waals surface area contributed by atoms with Gasteiger partial charge in [-0.2, -0.15) is 8.42 Å². The fraction of sp³-hybridized carbons (Fsp3) is 0.125. The van der Waals surface area contributed by atoms with Crippen molar-refractivity contribution in [1.29, 1.82) is 0 Å². The molecular weight excluding hydrogens is 367 g/mol. The Bertz CT molecular complexity index is 1100. The first kappa shape index (κ1) is 17.3. The number of hydrogen-bond donors (Lipinski definition) is 0. The lowest BCUT2D eigenvalue weighted by atomic mass is 10.3. The Labute approximate surface area is 146 Å². The highest BCUT2D eigenvalue weighted by molar-refractivity contribution is 7.90. The summed E-state index contributed by atoms with van der Waals surface area (Å²) in [7, 11) is -2.74. The minimum absolute atomic E-state index is 0.0308. The number of esters is 1. The molecule has 0 amide bonds. The lowest BCUT2D eigenvalue weighted by Crippen LogP contribution is -2.22. The maximum absolute atomic E-state index is 13.5. The predicted octanol–water partition coefficient (Wildman–Crippen LogP) is 2.30. The van der Waals surface area contributed by atoms with Gasteiger partial charge in [-0.1, -0.05) is 29.5 Å². The number of carbonyl (C=O) groups is 1. The van der Waals surface area contributed by atoms with Gasteiger partial charge in [0.05, 0.1) is 22.2 Å². The summed E-state index contributed by atoms with van der Waals surface area (Å²) in [6, 6.07) is 11.7. The summed E-state index contributed by atoms with van der Waals surface area (Å²) in [6.45, 7) is -0.231.